The van der Waals surface area contributed by atoms with Crippen molar-refractivity contribution in [1.82, 2.24) is 0 Å². The molecule has 0 unspecified atom stereocenters. The molecule has 0 saturated carbocycles. The van der Waals surface area contributed by atoms with E-state index in [1.54, 1.807) is 24.3 Å². The minimum Gasteiger partial charge on any atom is -0.192 e. The van der Waals surface area contributed by atoms with E-state index in [0.29, 0.717) is 21.5 Å². The summed E-state index contributed by atoms with van der Waals surface area (Å²) in [6, 6.07) is 31.0. The van der Waals surface area contributed by atoms with Gasteiger partial charge in [0.05, 0.1) is 33.4 Å². The van der Waals surface area contributed by atoms with Crippen LogP contribution in [0.25, 0.3) is 53.9 Å². The van der Waals surface area contributed by atoms with Crippen LogP contribution in [0.15, 0.2) is 60.7 Å². The Bertz CT molecular complexity index is 2360. The first-order valence-corrected chi connectivity index (χ1v) is 11.4. The fourth-order valence-corrected chi connectivity index (χ4v) is 5.35. The molecule has 0 atom stereocenters. The standard InChI is InChI=1S/C32H10N6/c33-11-19-7-23-21-5-17-3-1-2-4-18(17)6-22(21)25-9-27-28(10-26(25)24(23)8-20(19)12-34)30(14-36)32(16-38)31(15-37)29(27)13-35/h1-10H. The second kappa shape index (κ2) is 8.06. The van der Waals surface area contributed by atoms with Crippen LogP contribution in [0.3, 0.4) is 0 Å². The largest absolute Gasteiger partial charge is 0.192 e. The van der Waals surface area contributed by atoms with E-state index in [4.69, 9.17) is 0 Å². The zero-order chi connectivity index (χ0) is 26.6. The van der Waals surface area contributed by atoms with Gasteiger partial charge in [0.15, 0.2) is 0 Å². The third-order valence-electron chi connectivity index (χ3n) is 7.05. The van der Waals surface area contributed by atoms with Crippen molar-refractivity contribution in [2.75, 3.05) is 0 Å². The summed E-state index contributed by atoms with van der Waals surface area (Å²) in [7, 11) is 0. The molecule has 6 aromatic carbocycles. The van der Waals surface area contributed by atoms with E-state index < -0.39 is 0 Å². The summed E-state index contributed by atoms with van der Waals surface area (Å²) in [6.07, 6.45) is 0. The van der Waals surface area contributed by atoms with Gasteiger partial charge in [-0.3, -0.25) is 0 Å². The Hall–Kier alpha value is -6.44. The molecule has 0 aliphatic heterocycles. The second-order valence-corrected chi connectivity index (χ2v) is 8.80. The Morgan fingerprint density at radius 1 is 0.342 bits per heavy atom. The first-order chi connectivity index (χ1) is 18.6. The molecule has 0 spiro atoms. The smallest absolute Gasteiger partial charge is 0.102 e. The maximum atomic E-state index is 10.00. The van der Waals surface area contributed by atoms with E-state index >= 15 is 0 Å². The topological polar surface area (TPSA) is 143 Å². The van der Waals surface area contributed by atoms with Gasteiger partial charge in [0.1, 0.15) is 36.4 Å². The van der Waals surface area contributed by atoms with Gasteiger partial charge in [0.2, 0.25) is 0 Å². The number of hydrogen-bond donors (Lipinski definition) is 0. The van der Waals surface area contributed by atoms with Crippen LogP contribution in [0, 0.1) is 68.0 Å². The van der Waals surface area contributed by atoms with Crippen molar-refractivity contribution in [2.24, 2.45) is 0 Å². The summed E-state index contributed by atoms with van der Waals surface area (Å²) < 4.78 is 0. The predicted molar refractivity (Wildman–Crippen MR) is 142 cm³/mol. The maximum Gasteiger partial charge on any atom is 0.102 e. The molecule has 0 fully saturated rings. The first kappa shape index (κ1) is 22.1. The highest BCUT2D eigenvalue weighted by atomic mass is 14.3. The lowest BCUT2D eigenvalue weighted by molar-refractivity contribution is 1.39. The monoisotopic (exact) mass is 478 g/mol. The van der Waals surface area contributed by atoms with Crippen molar-refractivity contribution in [1.29, 1.82) is 31.6 Å². The summed E-state index contributed by atoms with van der Waals surface area (Å²) in [5, 5.41) is 66.4. The summed E-state index contributed by atoms with van der Waals surface area (Å²) >= 11 is 0. The number of fused-ring (bicyclic) bond motifs is 8. The lowest BCUT2D eigenvalue weighted by Gasteiger charge is -2.15. The highest BCUT2D eigenvalue weighted by Gasteiger charge is 2.22. The Morgan fingerprint density at radius 2 is 0.684 bits per heavy atom. The van der Waals surface area contributed by atoms with E-state index in [1.807, 2.05) is 48.5 Å². The quantitative estimate of drug-likeness (QED) is 0.176. The van der Waals surface area contributed by atoms with Crippen LogP contribution in [0.1, 0.15) is 33.4 Å². The van der Waals surface area contributed by atoms with Crippen molar-refractivity contribution in [2.45, 2.75) is 0 Å². The Labute approximate surface area is 215 Å². The van der Waals surface area contributed by atoms with Gasteiger partial charge in [-0.2, -0.15) is 31.6 Å². The molecule has 38 heavy (non-hydrogen) atoms. The van der Waals surface area contributed by atoms with Crippen molar-refractivity contribution in [3.05, 3.63) is 94.0 Å². The van der Waals surface area contributed by atoms with Gasteiger partial charge in [0, 0.05) is 10.8 Å². The number of nitriles is 6. The van der Waals surface area contributed by atoms with Crippen LogP contribution >= 0.6 is 0 Å². The van der Waals surface area contributed by atoms with Gasteiger partial charge in [0.25, 0.3) is 0 Å². The molecule has 0 heterocycles. The van der Waals surface area contributed by atoms with Gasteiger partial charge in [-0.1, -0.05) is 24.3 Å². The molecular formula is C32H10N6. The Kier molecular flexibility index (Phi) is 4.68. The van der Waals surface area contributed by atoms with Gasteiger partial charge >= 0.3 is 0 Å². The molecule has 6 rings (SSSR count). The minimum atomic E-state index is -0.140. The molecule has 0 amide bonds. The van der Waals surface area contributed by atoms with Gasteiger partial charge in [-0.15, -0.1) is 0 Å². The molecule has 0 saturated heterocycles. The first-order valence-electron chi connectivity index (χ1n) is 11.4. The summed E-state index contributed by atoms with van der Waals surface area (Å²) in [6.45, 7) is 0. The summed E-state index contributed by atoms with van der Waals surface area (Å²) in [5.41, 5.74) is 0.257. The third-order valence-corrected chi connectivity index (χ3v) is 7.05. The molecule has 0 N–H and O–H groups in total. The normalized spacial score (nSPS) is 10.5. The zero-order valence-corrected chi connectivity index (χ0v) is 19.5. The van der Waals surface area contributed by atoms with E-state index in [2.05, 4.69) is 24.3 Å². The van der Waals surface area contributed by atoms with E-state index in [9.17, 15) is 31.6 Å². The fraction of sp³-hybridized carbons (Fsp3) is 0. The third kappa shape index (κ3) is 2.81. The number of rotatable bonds is 0. The van der Waals surface area contributed by atoms with Crippen LogP contribution in [-0.2, 0) is 0 Å². The van der Waals surface area contributed by atoms with Gasteiger partial charge in [-0.25, -0.2) is 0 Å². The van der Waals surface area contributed by atoms with Crippen LogP contribution in [0.2, 0.25) is 0 Å². The lowest BCUT2D eigenvalue weighted by Crippen LogP contribution is -1.98. The van der Waals surface area contributed by atoms with Crippen molar-refractivity contribution in [3.63, 3.8) is 0 Å². The SMILES string of the molecule is N#Cc1cc2c(cc1C#N)c1cc3c(C#N)c(C#N)c(C#N)c(C#N)c3cc1c1cc3ccccc3cc21. The maximum absolute atomic E-state index is 10.00. The van der Waals surface area contributed by atoms with Crippen LogP contribution in [0.4, 0.5) is 0 Å². The van der Waals surface area contributed by atoms with Gasteiger partial charge in [-0.05, 0) is 79.5 Å². The number of benzene rings is 6. The minimum absolute atomic E-state index is 0.0147. The molecule has 6 aromatic rings. The highest BCUT2D eigenvalue weighted by molar-refractivity contribution is 6.29. The molecule has 0 aliphatic rings. The molecule has 0 aromatic heterocycles. The van der Waals surface area contributed by atoms with Crippen molar-refractivity contribution >= 4 is 53.9 Å². The fourth-order valence-electron chi connectivity index (χ4n) is 5.35. The number of hydrogen-bond acceptors (Lipinski definition) is 6. The molecule has 168 valence electrons. The van der Waals surface area contributed by atoms with Crippen molar-refractivity contribution in [3.8, 4) is 36.4 Å². The molecule has 6 heteroatoms. The van der Waals surface area contributed by atoms with Gasteiger partial charge < -0.3 is 0 Å². The average Bonchev–Trinajstić information content (AvgIpc) is 2.97. The van der Waals surface area contributed by atoms with E-state index in [-0.39, 0.29) is 33.4 Å². The molecular weight excluding hydrogens is 468 g/mol. The van der Waals surface area contributed by atoms with Crippen molar-refractivity contribution < 1.29 is 0 Å². The summed E-state index contributed by atoms with van der Waals surface area (Å²) in [4.78, 5) is 0. The molecule has 6 nitrogen and oxygen atoms in total. The van der Waals surface area contributed by atoms with Crippen LogP contribution in [-0.4, -0.2) is 0 Å². The van der Waals surface area contributed by atoms with E-state index in [1.165, 1.54) is 0 Å². The number of nitrogens with zero attached hydrogens (tertiary/aromatic N) is 6. The summed E-state index contributed by atoms with van der Waals surface area (Å²) in [5.74, 6) is 0. The predicted octanol–water partition coefficient (Wildman–Crippen LogP) is 6.68. The average molecular weight is 478 g/mol. The Morgan fingerprint density at radius 3 is 1.03 bits per heavy atom. The highest BCUT2D eigenvalue weighted by Crippen LogP contribution is 2.42. The molecule has 0 bridgehead atoms. The zero-order valence-electron chi connectivity index (χ0n) is 19.5. The molecule has 0 aliphatic carbocycles. The van der Waals surface area contributed by atoms with Crippen LogP contribution < -0.4 is 0 Å². The molecule has 0 radical (unpaired) electrons. The second-order valence-electron chi connectivity index (χ2n) is 8.80. The van der Waals surface area contributed by atoms with E-state index in [0.717, 1.165) is 32.3 Å². The lowest BCUT2D eigenvalue weighted by atomic mass is 9.85. The van der Waals surface area contributed by atoms with Crippen LogP contribution in [0.5, 0.6) is 0 Å². The Balaban J connectivity index is 2.00.